The minimum absolute atomic E-state index is 0.0222. The van der Waals surface area contributed by atoms with Crippen LogP contribution in [0.5, 0.6) is 0 Å². The highest BCUT2D eigenvalue weighted by Crippen LogP contribution is 2.29. The second-order valence-electron chi connectivity index (χ2n) is 4.77. The Bertz CT molecular complexity index is 913. The second-order valence-corrected chi connectivity index (χ2v) is 4.77. The summed E-state index contributed by atoms with van der Waals surface area (Å²) in [6.07, 6.45) is 0. The molecule has 0 aliphatic heterocycles. The third-order valence-electron chi connectivity index (χ3n) is 3.29. The van der Waals surface area contributed by atoms with Crippen LogP contribution in [0.25, 0.3) is 22.6 Å². The highest BCUT2D eigenvalue weighted by atomic mass is 16.6. The van der Waals surface area contributed by atoms with E-state index in [1.54, 1.807) is 19.1 Å². The van der Waals surface area contributed by atoms with Gasteiger partial charge in [-0.15, -0.1) is 0 Å². The summed E-state index contributed by atoms with van der Waals surface area (Å²) >= 11 is 0. The Balaban J connectivity index is 2.12. The van der Waals surface area contributed by atoms with Crippen molar-refractivity contribution in [1.82, 2.24) is 4.98 Å². The molecule has 7 nitrogen and oxygen atoms in total. The number of oxazole rings is 1. The molecule has 0 radical (unpaired) electrons. The minimum Gasteiger partial charge on any atom is -0.478 e. The average molecular weight is 298 g/mol. The van der Waals surface area contributed by atoms with Crippen LogP contribution >= 0.6 is 0 Å². The number of benzene rings is 2. The van der Waals surface area contributed by atoms with Crippen LogP contribution in [0.15, 0.2) is 40.8 Å². The molecule has 3 aromatic rings. The predicted octanol–water partition coefficient (Wildman–Crippen LogP) is 3.41. The largest absolute Gasteiger partial charge is 0.478 e. The normalized spacial score (nSPS) is 10.8. The number of aromatic nitrogens is 1. The number of aromatic carboxylic acids is 1. The van der Waals surface area contributed by atoms with Gasteiger partial charge in [-0.05, 0) is 31.2 Å². The molecule has 0 unspecified atom stereocenters. The summed E-state index contributed by atoms with van der Waals surface area (Å²) in [5, 5.41) is 19.9. The Morgan fingerprint density at radius 2 is 2.05 bits per heavy atom. The van der Waals surface area contributed by atoms with E-state index in [0.29, 0.717) is 22.2 Å². The molecule has 0 amide bonds. The van der Waals surface area contributed by atoms with Gasteiger partial charge in [0, 0.05) is 17.2 Å². The van der Waals surface area contributed by atoms with Gasteiger partial charge >= 0.3 is 5.97 Å². The number of fused-ring (bicyclic) bond motifs is 1. The molecule has 0 bridgehead atoms. The Morgan fingerprint density at radius 1 is 1.27 bits per heavy atom. The van der Waals surface area contributed by atoms with Crippen molar-refractivity contribution in [3.8, 4) is 11.5 Å². The zero-order valence-corrected chi connectivity index (χ0v) is 11.4. The van der Waals surface area contributed by atoms with Gasteiger partial charge in [0.2, 0.25) is 5.89 Å². The fourth-order valence-electron chi connectivity index (χ4n) is 2.12. The maximum Gasteiger partial charge on any atom is 0.335 e. The molecule has 2 aromatic carbocycles. The molecule has 0 saturated heterocycles. The van der Waals surface area contributed by atoms with E-state index in [1.165, 1.54) is 24.3 Å². The first-order valence-corrected chi connectivity index (χ1v) is 6.35. The molecular weight excluding hydrogens is 288 g/mol. The third-order valence-corrected chi connectivity index (χ3v) is 3.29. The highest BCUT2D eigenvalue weighted by molar-refractivity contribution is 5.92. The van der Waals surface area contributed by atoms with E-state index in [9.17, 15) is 14.9 Å². The molecule has 0 fully saturated rings. The van der Waals surface area contributed by atoms with E-state index < -0.39 is 10.9 Å². The van der Waals surface area contributed by atoms with Crippen molar-refractivity contribution in [2.75, 3.05) is 0 Å². The summed E-state index contributed by atoms with van der Waals surface area (Å²) < 4.78 is 5.54. The van der Waals surface area contributed by atoms with Gasteiger partial charge in [-0.25, -0.2) is 9.78 Å². The average Bonchev–Trinajstić information content (AvgIpc) is 2.90. The second kappa shape index (κ2) is 4.96. The van der Waals surface area contributed by atoms with Crippen LogP contribution in [-0.4, -0.2) is 21.0 Å². The lowest BCUT2D eigenvalue weighted by atomic mass is 10.1. The van der Waals surface area contributed by atoms with Crippen molar-refractivity contribution in [1.29, 1.82) is 0 Å². The number of rotatable bonds is 3. The number of aryl methyl sites for hydroxylation is 1. The Morgan fingerprint density at radius 3 is 2.73 bits per heavy atom. The Labute approximate surface area is 124 Å². The van der Waals surface area contributed by atoms with Gasteiger partial charge < -0.3 is 9.52 Å². The van der Waals surface area contributed by atoms with E-state index in [2.05, 4.69) is 4.98 Å². The molecule has 0 atom stereocenters. The van der Waals surface area contributed by atoms with Crippen LogP contribution in [0.1, 0.15) is 15.9 Å². The molecule has 0 spiro atoms. The topological polar surface area (TPSA) is 106 Å². The lowest BCUT2D eigenvalue weighted by Gasteiger charge is -1.99. The number of hydrogen-bond donors (Lipinski definition) is 1. The maximum atomic E-state index is 11.0. The van der Waals surface area contributed by atoms with Gasteiger partial charge in [0.25, 0.3) is 5.69 Å². The van der Waals surface area contributed by atoms with Crippen molar-refractivity contribution < 1.29 is 19.2 Å². The first-order valence-electron chi connectivity index (χ1n) is 6.35. The zero-order chi connectivity index (χ0) is 15.9. The predicted molar refractivity (Wildman–Crippen MR) is 77.8 cm³/mol. The number of carbonyl (C=O) groups is 1. The quantitative estimate of drug-likeness (QED) is 0.586. The molecule has 22 heavy (non-hydrogen) atoms. The fourth-order valence-corrected chi connectivity index (χ4v) is 2.12. The molecule has 1 aromatic heterocycles. The van der Waals surface area contributed by atoms with Gasteiger partial charge in [0.15, 0.2) is 5.58 Å². The van der Waals surface area contributed by atoms with E-state index >= 15 is 0 Å². The molecule has 0 aliphatic rings. The van der Waals surface area contributed by atoms with Gasteiger partial charge in [0.05, 0.1) is 10.5 Å². The number of nitro benzene ring substituents is 1. The fraction of sp³-hybridized carbons (Fsp3) is 0.0667. The minimum atomic E-state index is -1.06. The van der Waals surface area contributed by atoms with Crippen LogP contribution < -0.4 is 0 Å². The lowest BCUT2D eigenvalue weighted by molar-refractivity contribution is -0.385. The first kappa shape index (κ1) is 13.7. The lowest BCUT2D eigenvalue weighted by Crippen LogP contribution is -1.94. The number of hydrogen-bond acceptors (Lipinski definition) is 5. The van der Waals surface area contributed by atoms with E-state index in [4.69, 9.17) is 9.52 Å². The molecule has 1 N–H and O–H groups in total. The molecular formula is C15H10N2O5. The molecule has 1 heterocycles. The van der Waals surface area contributed by atoms with Crippen LogP contribution in [0.3, 0.4) is 0 Å². The summed E-state index contributed by atoms with van der Waals surface area (Å²) in [7, 11) is 0. The van der Waals surface area contributed by atoms with Crippen molar-refractivity contribution >= 4 is 22.8 Å². The third kappa shape index (κ3) is 2.28. The van der Waals surface area contributed by atoms with Gasteiger partial charge in [-0.1, -0.05) is 6.07 Å². The summed E-state index contributed by atoms with van der Waals surface area (Å²) in [5.74, 6) is -0.849. The summed E-state index contributed by atoms with van der Waals surface area (Å²) in [6.45, 7) is 1.65. The maximum absolute atomic E-state index is 11.0. The van der Waals surface area contributed by atoms with Gasteiger partial charge in [0.1, 0.15) is 5.52 Å². The summed E-state index contributed by atoms with van der Waals surface area (Å²) in [6, 6.07) is 9.00. The van der Waals surface area contributed by atoms with Crippen molar-refractivity contribution in [3.05, 3.63) is 57.6 Å². The van der Waals surface area contributed by atoms with Crippen LogP contribution in [0, 0.1) is 17.0 Å². The van der Waals surface area contributed by atoms with E-state index in [-0.39, 0.29) is 17.1 Å². The number of carboxylic acids is 1. The summed E-state index contributed by atoms with van der Waals surface area (Å²) in [4.78, 5) is 25.7. The van der Waals surface area contributed by atoms with Crippen molar-refractivity contribution in [2.24, 2.45) is 0 Å². The molecule has 0 saturated carbocycles. The van der Waals surface area contributed by atoms with Crippen molar-refractivity contribution in [2.45, 2.75) is 6.92 Å². The first-order chi connectivity index (χ1) is 10.5. The highest BCUT2D eigenvalue weighted by Gasteiger charge is 2.16. The van der Waals surface area contributed by atoms with Crippen LogP contribution in [0.2, 0.25) is 0 Å². The Kier molecular flexibility index (Phi) is 3.10. The number of carboxylic acid groups (broad SMARTS) is 1. The van der Waals surface area contributed by atoms with E-state index in [1.807, 2.05) is 0 Å². The van der Waals surface area contributed by atoms with Crippen LogP contribution in [0.4, 0.5) is 5.69 Å². The number of nitro groups is 1. The smallest absolute Gasteiger partial charge is 0.335 e. The number of nitrogens with zero attached hydrogens (tertiary/aromatic N) is 2. The van der Waals surface area contributed by atoms with Crippen LogP contribution in [-0.2, 0) is 0 Å². The molecule has 0 aliphatic carbocycles. The molecule has 3 rings (SSSR count). The SMILES string of the molecule is Cc1ccc(-c2nc3cc(C(=O)O)ccc3o2)cc1[N+](=O)[O-]. The van der Waals surface area contributed by atoms with Gasteiger partial charge in [-0.3, -0.25) is 10.1 Å². The standard InChI is InChI=1S/C15H10N2O5/c1-8-2-3-9(7-12(8)17(20)21)14-16-11-6-10(15(18)19)4-5-13(11)22-14/h2-7H,1H3,(H,18,19). The van der Waals surface area contributed by atoms with Gasteiger partial charge in [-0.2, -0.15) is 0 Å². The Hall–Kier alpha value is -3.22. The molecule has 110 valence electrons. The molecule has 7 heteroatoms. The van der Waals surface area contributed by atoms with E-state index in [0.717, 1.165) is 0 Å². The summed E-state index contributed by atoms with van der Waals surface area (Å²) in [5.41, 5.74) is 1.89. The van der Waals surface area contributed by atoms with Crippen molar-refractivity contribution in [3.63, 3.8) is 0 Å². The zero-order valence-electron chi connectivity index (χ0n) is 11.4. The monoisotopic (exact) mass is 298 g/mol.